The number of nitrogens with zero attached hydrogens (tertiary/aromatic N) is 6. The van der Waals surface area contributed by atoms with Crippen LogP contribution in [0.2, 0.25) is 0 Å². The molecule has 8 N–H and O–H groups in total. The van der Waals surface area contributed by atoms with Gasteiger partial charge in [-0.1, -0.05) is 0 Å². The molecule has 3 rings (SSSR count). The lowest BCUT2D eigenvalue weighted by Crippen LogP contribution is -3.00. The zero-order valence-corrected chi connectivity index (χ0v) is 81.9. The largest absolute Gasteiger partial charge is 1.00 e. The molecule has 0 aromatic carbocycles. The number of amides is 10. The number of nitrogens with one attached hydrogen (secondary N) is 4. The lowest BCUT2D eigenvalue weighted by Gasteiger charge is -2.23. The van der Waals surface area contributed by atoms with E-state index < -0.39 is 65.7 Å². The molecule has 3 aliphatic rings. The van der Waals surface area contributed by atoms with E-state index in [-0.39, 0.29) is 374 Å². The fourth-order valence-electron chi connectivity index (χ4n) is 11.7. The summed E-state index contributed by atoms with van der Waals surface area (Å²) < 4.78 is 66.8. The Balaban J connectivity index is 0. The molecule has 1 saturated heterocycles. The highest BCUT2D eigenvalue weighted by Crippen LogP contribution is 2.20. The van der Waals surface area contributed by atoms with E-state index in [1.807, 2.05) is 13.8 Å². The van der Waals surface area contributed by atoms with E-state index in [4.69, 9.17) is 73.0 Å². The van der Waals surface area contributed by atoms with Crippen molar-refractivity contribution in [2.45, 2.75) is 239 Å². The van der Waals surface area contributed by atoms with Crippen LogP contribution in [-0.4, -0.2) is 389 Å². The fourth-order valence-corrected chi connectivity index (χ4v) is 11.7. The standard InChI is InChI=1S/C33H53N5O12.C33H57N5O12.C22H38N2O9.2ClH/c1-23(39)26(34)7-12-31(44)48-21-17-38(30(43)11-9-28(41)36-25-5-6-25)18-22-50-33(46)14-13-32(45)49-20-16-37(15-19-47-2)29(42)10-8-27(40)35-24-3-4-24;1-23(2)35-27(40)8-10-29(42)37(15-19-47-6)16-20-49-32(45)13-14-33(46)50-22-18-38(30(43)11-9-28(41)36-24(3)4)17-21-48-31(44)12-7-26(34)25(5)39;1-19(25)17-31-15-13-30-14-16-32-18-22(28)33-12-10-24(9-11-29-2)21(27)6-5-20(26)23-7-3-4-8-23;;/h24-26H,3-22,34H2,1-2H3,(H,35,40)(H,36,41);23-24,26H,7-22,34H2,1-6H3,(H,35,40)(H,36,41);3-18H2,1-2H3;2*1H/p-1. The summed E-state index contributed by atoms with van der Waals surface area (Å²) in [5.74, 6) is -7.54. The Morgan fingerprint density at radius 3 is 0.837 bits per heavy atom. The molecule has 135 heavy (non-hydrogen) atoms. The summed E-state index contributed by atoms with van der Waals surface area (Å²) in [5.41, 5.74) is 11.3. The topological polar surface area (TPSA) is 581 Å². The van der Waals surface area contributed by atoms with Gasteiger partial charge in [0.15, 0.2) is 5.78 Å². The fraction of sp³-hybridized carbons (Fsp3) is 0.773. The molecule has 2 unspecified atom stereocenters. The first-order valence-corrected chi connectivity index (χ1v) is 45.5. The van der Waals surface area contributed by atoms with Gasteiger partial charge in [0.2, 0.25) is 59.1 Å². The van der Waals surface area contributed by atoms with Crippen molar-refractivity contribution in [3.8, 4) is 0 Å². The second-order valence-electron chi connectivity index (χ2n) is 32.1. The molecule has 3 fully saturated rings. The summed E-state index contributed by atoms with van der Waals surface area (Å²) in [7, 11) is 4.52. The average molecular weight is 1970 g/mol. The van der Waals surface area contributed by atoms with Crippen molar-refractivity contribution in [2.75, 3.05) is 206 Å². The highest BCUT2D eigenvalue weighted by Gasteiger charge is 2.29. The highest BCUT2D eigenvalue weighted by molar-refractivity contribution is 5.88. The van der Waals surface area contributed by atoms with Crippen LogP contribution in [0.3, 0.4) is 0 Å². The van der Waals surface area contributed by atoms with Gasteiger partial charge >= 0.3 is 41.8 Å². The van der Waals surface area contributed by atoms with Gasteiger partial charge < -0.3 is 136 Å². The van der Waals surface area contributed by atoms with Crippen molar-refractivity contribution in [2.24, 2.45) is 11.5 Å². The van der Waals surface area contributed by atoms with Crippen LogP contribution in [0.4, 0.5) is 0 Å². The third-order valence-corrected chi connectivity index (χ3v) is 19.6. The van der Waals surface area contributed by atoms with Crippen molar-refractivity contribution in [1.82, 2.24) is 50.7 Å². The van der Waals surface area contributed by atoms with Gasteiger partial charge in [-0.15, -0.1) is 12.4 Å². The van der Waals surface area contributed by atoms with E-state index in [0.717, 1.165) is 51.6 Å². The van der Waals surface area contributed by atoms with Crippen LogP contribution in [0, 0.1) is 0 Å². The second kappa shape index (κ2) is 78.3. The number of hydrogen-bond acceptors (Lipinski definition) is 35. The van der Waals surface area contributed by atoms with Crippen LogP contribution in [0.5, 0.6) is 0 Å². The zero-order valence-electron chi connectivity index (χ0n) is 80.3. The molecule has 1 heterocycles. The number of ether oxygens (including phenoxy) is 13. The lowest BCUT2D eigenvalue weighted by molar-refractivity contribution is -0.152. The minimum atomic E-state index is -0.775. The van der Waals surface area contributed by atoms with E-state index in [0.29, 0.717) is 26.4 Å². The molecule has 47 heteroatoms. The smallest absolute Gasteiger partial charge is 0.332 e. The number of ketones is 3. The van der Waals surface area contributed by atoms with Crippen LogP contribution in [0.1, 0.15) is 203 Å². The van der Waals surface area contributed by atoms with Gasteiger partial charge in [0, 0.05) is 155 Å². The predicted molar refractivity (Wildman–Crippen MR) is 481 cm³/mol. The average Bonchev–Trinajstić information content (AvgIpc) is 1.78. The second-order valence-corrected chi connectivity index (χ2v) is 32.1. The third kappa shape index (κ3) is 70.5. The zero-order chi connectivity index (χ0) is 99.3. The van der Waals surface area contributed by atoms with E-state index in [1.54, 1.807) is 25.9 Å². The van der Waals surface area contributed by atoms with Gasteiger partial charge in [0.25, 0.3) is 0 Å². The Morgan fingerprint density at radius 1 is 0.319 bits per heavy atom. The summed E-state index contributed by atoms with van der Waals surface area (Å²) in [4.78, 5) is 250. The molecule has 0 bridgehead atoms. The maximum atomic E-state index is 12.9. The summed E-state index contributed by atoms with van der Waals surface area (Å²) in [6.07, 6.45) is 4.83. The van der Waals surface area contributed by atoms with Gasteiger partial charge in [-0.2, -0.15) is 0 Å². The Kier molecular flexibility index (Phi) is 73.9. The van der Waals surface area contributed by atoms with Crippen molar-refractivity contribution in [3.63, 3.8) is 0 Å². The van der Waals surface area contributed by atoms with Crippen molar-refractivity contribution in [3.05, 3.63) is 0 Å². The Hall–Kier alpha value is -9.74. The predicted octanol–water partition coefficient (Wildman–Crippen LogP) is -3.01. The molecule has 45 nitrogen and oxygen atoms in total. The minimum absolute atomic E-state index is 0. The molecule has 10 amide bonds. The maximum Gasteiger partial charge on any atom is 0.332 e. The van der Waals surface area contributed by atoms with Gasteiger partial charge in [-0.25, -0.2) is 4.79 Å². The molecule has 774 valence electrons. The molecule has 0 spiro atoms. The first-order valence-electron chi connectivity index (χ1n) is 45.5. The number of Topliss-reactive ketones (excluding diaryl/α,β-unsaturated/α-hetero) is 3. The van der Waals surface area contributed by atoms with E-state index in [1.165, 1.54) is 59.5 Å². The van der Waals surface area contributed by atoms with Crippen LogP contribution in [0.15, 0.2) is 0 Å². The molecule has 0 aromatic rings. The SMILES string of the molecule is COCCN(CCOC(=O)CCC(=O)OCCN(CCOC(=O)CCC(N)C(C)=O)C(=O)CCC(=O)NC(C)C)C(=O)CCC(=O)NC(C)C.COCCN(CCOC(=O)CCC(=O)OCCN(CCOC(=O)CCC(N)C(C)=O)C(=O)CCC(=O)NC1CC1)C(=O)CCC(=O)NC1CC1.COCCN(CCOC(=O)COCCOCCOCC(C)=O)C(=O)CCC(=O)N1CCCC1.Cl.[Cl-]. The quantitative estimate of drug-likeness (QED) is 0.0201. The Labute approximate surface area is 803 Å². The van der Waals surface area contributed by atoms with Crippen LogP contribution in [0.25, 0.3) is 0 Å². The van der Waals surface area contributed by atoms with Gasteiger partial charge in [-0.05, 0) is 99.8 Å². The maximum absolute atomic E-state index is 12.9. The van der Waals surface area contributed by atoms with Gasteiger partial charge in [0.05, 0.1) is 130 Å². The highest BCUT2D eigenvalue weighted by atomic mass is 35.5. The molecule has 1 aliphatic heterocycles. The van der Waals surface area contributed by atoms with Crippen molar-refractivity contribution in [1.29, 1.82) is 0 Å². The summed E-state index contributed by atoms with van der Waals surface area (Å²) in [5, 5.41) is 11.1. The molecular formula is C88H149Cl2N12O33-. The number of nitrogens with two attached hydrogens (primary N) is 2. The van der Waals surface area contributed by atoms with Crippen LogP contribution in [-0.2, 0) is 157 Å². The van der Waals surface area contributed by atoms with Crippen molar-refractivity contribution < 1.29 is 170 Å². The number of esters is 7. The number of halogens is 2. The third-order valence-electron chi connectivity index (χ3n) is 19.6. The summed E-state index contributed by atoms with van der Waals surface area (Å²) in [6, 6.07) is -1.32. The van der Waals surface area contributed by atoms with E-state index >= 15 is 0 Å². The monoisotopic (exact) mass is 1970 g/mol. The molecule has 0 aromatic heterocycles. The van der Waals surface area contributed by atoms with Crippen LogP contribution < -0.4 is 45.1 Å². The van der Waals surface area contributed by atoms with Crippen molar-refractivity contribution >= 4 is 131 Å². The normalized spacial score (nSPS) is 12.7. The number of hydrogen-bond donors (Lipinski definition) is 6. The first-order chi connectivity index (χ1) is 63.4. The molecule has 0 radical (unpaired) electrons. The Morgan fingerprint density at radius 2 is 0.570 bits per heavy atom. The summed E-state index contributed by atoms with van der Waals surface area (Å²) in [6.45, 7) is 14.8. The number of likely N-dealkylation sites (tertiary alicyclic amines) is 1. The minimum Gasteiger partial charge on any atom is -1.00 e. The van der Waals surface area contributed by atoms with E-state index in [9.17, 15) is 95.9 Å². The molecular weight excluding hydrogens is 1820 g/mol. The lowest BCUT2D eigenvalue weighted by atomic mass is 10.1. The van der Waals surface area contributed by atoms with E-state index in [2.05, 4.69) is 21.3 Å². The van der Waals surface area contributed by atoms with Crippen LogP contribution >= 0.6 is 12.4 Å². The van der Waals surface area contributed by atoms with Gasteiger partial charge in [0.1, 0.15) is 71.0 Å². The first kappa shape index (κ1) is 127. The Bertz CT molecular complexity index is 3440. The number of rotatable bonds is 73. The molecule has 2 atom stereocenters. The molecule has 2 saturated carbocycles. The summed E-state index contributed by atoms with van der Waals surface area (Å²) >= 11 is 0. The van der Waals surface area contributed by atoms with Gasteiger partial charge in [-0.3, -0.25) is 91.1 Å². The number of carbonyl (C=O) groups is 20. The number of methoxy groups -OCH3 is 3. The molecule has 2 aliphatic carbocycles. The number of carbonyl (C=O) groups excluding carboxylic acids is 20.